The summed E-state index contributed by atoms with van der Waals surface area (Å²) < 4.78 is 32.9. The lowest BCUT2D eigenvalue weighted by atomic mass is 9.86. The van der Waals surface area contributed by atoms with E-state index in [1.54, 1.807) is 40.7 Å². The molecule has 3 heterocycles. The van der Waals surface area contributed by atoms with E-state index in [2.05, 4.69) is 22.1 Å². The largest absolute Gasteiger partial charge is 0.333 e. The highest BCUT2D eigenvalue weighted by Gasteiger charge is 2.21. The normalized spacial score (nSPS) is 11.7. The molecule has 3 aromatic heterocycles. The fourth-order valence-electron chi connectivity index (χ4n) is 4.94. The zero-order valence-corrected chi connectivity index (χ0v) is 25.8. The van der Waals surface area contributed by atoms with Crippen LogP contribution < -0.4 is 5.69 Å². The SMILES string of the molecule is Cc1cc(-c2ccc3ncc4c(c3c2)n(-c2ccc(C(C)(C)C#N)cc2)c(=O)n4C)ccn1.Cc1ccc(S(=O)(=O)O)cc1. The predicted octanol–water partition coefficient (Wildman–Crippen LogP) is 6.29. The number of rotatable bonds is 4. The van der Waals surface area contributed by atoms with Crippen LogP contribution in [0.5, 0.6) is 0 Å². The van der Waals surface area contributed by atoms with Crippen molar-refractivity contribution >= 4 is 32.1 Å². The lowest BCUT2D eigenvalue weighted by Crippen LogP contribution is -2.21. The van der Waals surface area contributed by atoms with Gasteiger partial charge in [-0.1, -0.05) is 35.9 Å². The Morgan fingerprint density at radius 1 is 0.886 bits per heavy atom. The van der Waals surface area contributed by atoms with Crippen molar-refractivity contribution in [2.75, 3.05) is 0 Å². The Morgan fingerprint density at radius 3 is 2.16 bits per heavy atom. The van der Waals surface area contributed by atoms with E-state index in [-0.39, 0.29) is 10.6 Å². The Kier molecular flexibility index (Phi) is 7.95. The van der Waals surface area contributed by atoms with Crippen LogP contribution in [0.2, 0.25) is 0 Å². The van der Waals surface area contributed by atoms with Crippen LogP contribution in [0, 0.1) is 25.2 Å². The van der Waals surface area contributed by atoms with E-state index in [9.17, 15) is 18.5 Å². The number of benzene rings is 3. The van der Waals surface area contributed by atoms with E-state index in [0.717, 1.165) is 55.6 Å². The minimum atomic E-state index is -4.02. The lowest BCUT2D eigenvalue weighted by molar-refractivity contribution is 0.483. The number of aryl methyl sites for hydroxylation is 3. The third-order valence-electron chi connectivity index (χ3n) is 7.56. The predicted molar refractivity (Wildman–Crippen MR) is 171 cm³/mol. The summed E-state index contributed by atoms with van der Waals surface area (Å²) in [6.45, 7) is 7.57. The third kappa shape index (κ3) is 5.88. The second-order valence-electron chi connectivity index (χ2n) is 11.2. The van der Waals surface area contributed by atoms with Crippen LogP contribution in [0.15, 0.2) is 101 Å². The van der Waals surface area contributed by atoms with Gasteiger partial charge in [-0.05, 0) is 92.9 Å². The molecule has 222 valence electrons. The summed E-state index contributed by atoms with van der Waals surface area (Å²) in [7, 11) is -2.26. The zero-order valence-electron chi connectivity index (χ0n) is 25.0. The Bertz CT molecular complexity index is 2230. The molecular formula is C34H31N5O4S. The van der Waals surface area contributed by atoms with Gasteiger partial charge in [-0.2, -0.15) is 13.7 Å². The first-order valence-corrected chi connectivity index (χ1v) is 15.2. The van der Waals surface area contributed by atoms with Crippen LogP contribution in [0.3, 0.4) is 0 Å². The van der Waals surface area contributed by atoms with Gasteiger partial charge in [0.25, 0.3) is 10.1 Å². The number of fused-ring (bicyclic) bond motifs is 3. The van der Waals surface area contributed by atoms with Crippen LogP contribution in [-0.2, 0) is 22.6 Å². The second kappa shape index (κ2) is 11.5. The second-order valence-corrected chi connectivity index (χ2v) is 12.6. The molecule has 0 amide bonds. The number of nitriles is 1. The van der Waals surface area contributed by atoms with E-state index in [4.69, 9.17) is 4.55 Å². The van der Waals surface area contributed by atoms with Gasteiger partial charge >= 0.3 is 5.69 Å². The molecule has 3 aromatic carbocycles. The van der Waals surface area contributed by atoms with E-state index in [1.807, 2.05) is 76.2 Å². The number of nitrogens with zero attached hydrogens (tertiary/aromatic N) is 5. The van der Waals surface area contributed by atoms with Gasteiger partial charge in [0.15, 0.2) is 0 Å². The van der Waals surface area contributed by atoms with Gasteiger partial charge < -0.3 is 0 Å². The first-order valence-electron chi connectivity index (χ1n) is 13.8. The lowest BCUT2D eigenvalue weighted by Gasteiger charge is -2.16. The molecule has 10 heteroatoms. The molecular weight excluding hydrogens is 574 g/mol. The summed E-state index contributed by atoms with van der Waals surface area (Å²) in [6.07, 6.45) is 3.55. The fraction of sp³-hybridized carbons (Fsp3) is 0.176. The quantitative estimate of drug-likeness (QED) is 0.234. The Morgan fingerprint density at radius 2 is 1.55 bits per heavy atom. The van der Waals surface area contributed by atoms with Crippen molar-refractivity contribution in [3.63, 3.8) is 0 Å². The standard InChI is InChI=1S/C27H23N5O.C7H8O3S/c1-17-13-19(11-12-29-17)18-5-10-23-22(14-18)25-24(15-30-23)31(4)26(33)32(25)21-8-6-20(7-9-21)27(2,3)16-28;1-6-2-4-7(5-3-6)11(8,9)10/h5-15H,1-4H3;2-5H,1H3,(H,8,9,10). The Hall–Kier alpha value is -5.11. The molecule has 6 rings (SSSR count). The molecule has 0 aliphatic heterocycles. The minimum Gasteiger partial charge on any atom is -0.293 e. The van der Waals surface area contributed by atoms with E-state index in [1.165, 1.54) is 12.1 Å². The Labute approximate surface area is 255 Å². The first kappa shape index (κ1) is 30.4. The maximum absolute atomic E-state index is 13.3. The number of hydrogen-bond acceptors (Lipinski definition) is 6. The molecule has 0 atom stereocenters. The van der Waals surface area contributed by atoms with Crippen molar-refractivity contribution in [2.45, 2.75) is 38.0 Å². The van der Waals surface area contributed by atoms with Crippen LogP contribution in [-0.4, -0.2) is 32.1 Å². The molecule has 44 heavy (non-hydrogen) atoms. The summed E-state index contributed by atoms with van der Waals surface area (Å²) in [5, 5.41) is 10.4. The van der Waals surface area contributed by atoms with Crippen molar-refractivity contribution in [3.05, 3.63) is 119 Å². The van der Waals surface area contributed by atoms with Crippen molar-refractivity contribution in [1.29, 1.82) is 5.26 Å². The minimum absolute atomic E-state index is 0.0666. The summed E-state index contributed by atoms with van der Waals surface area (Å²) in [6, 6.07) is 26.1. The highest BCUT2D eigenvalue weighted by molar-refractivity contribution is 7.85. The van der Waals surface area contributed by atoms with Crippen molar-refractivity contribution in [1.82, 2.24) is 19.1 Å². The molecule has 0 aliphatic rings. The average Bonchev–Trinajstić information content (AvgIpc) is 3.26. The van der Waals surface area contributed by atoms with Crippen LogP contribution in [0.4, 0.5) is 0 Å². The average molecular weight is 606 g/mol. The van der Waals surface area contributed by atoms with E-state index >= 15 is 0 Å². The summed E-state index contributed by atoms with van der Waals surface area (Å²) in [4.78, 5) is 22.1. The number of aromatic nitrogens is 4. The molecule has 0 saturated heterocycles. The molecule has 0 unspecified atom stereocenters. The van der Waals surface area contributed by atoms with Crippen LogP contribution in [0.25, 0.3) is 38.8 Å². The first-order chi connectivity index (χ1) is 20.8. The maximum atomic E-state index is 13.3. The summed E-state index contributed by atoms with van der Waals surface area (Å²) >= 11 is 0. The molecule has 0 bridgehead atoms. The molecule has 9 nitrogen and oxygen atoms in total. The van der Waals surface area contributed by atoms with Crippen molar-refractivity contribution < 1.29 is 13.0 Å². The maximum Gasteiger partial charge on any atom is 0.333 e. The molecule has 0 fully saturated rings. The molecule has 0 aliphatic carbocycles. The van der Waals surface area contributed by atoms with Crippen LogP contribution in [0.1, 0.15) is 30.7 Å². The third-order valence-corrected chi connectivity index (χ3v) is 8.43. The van der Waals surface area contributed by atoms with Crippen molar-refractivity contribution in [2.24, 2.45) is 7.05 Å². The van der Waals surface area contributed by atoms with Crippen molar-refractivity contribution in [3.8, 4) is 22.9 Å². The number of imidazole rings is 1. The number of hydrogen-bond donors (Lipinski definition) is 1. The smallest absolute Gasteiger partial charge is 0.293 e. The summed E-state index contributed by atoms with van der Waals surface area (Å²) in [5.41, 5.74) is 7.31. The van der Waals surface area contributed by atoms with E-state index in [0.29, 0.717) is 0 Å². The zero-order chi connectivity index (χ0) is 31.8. The Balaban J connectivity index is 0.000000296. The van der Waals surface area contributed by atoms with Gasteiger partial charge in [-0.3, -0.25) is 23.7 Å². The van der Waals surface area contributed by atoms with Gasteiger partial charge in [0.1, 0.15) is 0 Å². The topological polar surface area (TPSA) is 131 Å². The fourth-order valence-corrected chi connectivity index (χ4v) is 5.42. The highest BCUT2D eigenvalue weighted by atomic mass is 32.2. The molecule has 6 aromatic rings. The molecule has 0 spiro atoms. The van der Waals surface area contributed by atoms with Crippen LogP contribution >= 0.6 is 0 Å². The molecule has 0 saturated carbocycles. The van der Waals surface area contributed by atoms with E-state index < -0.39 is 15.5 Å². The summed E-state index contributed by atoms with van der Waals surface area (Å²) in [5.74, 6) is 0. The highest BCUT2D eigenvalue weighted by Crippen LogP contribution is 2.30. The van der Waals surface area contributed by atoms with Gasteiger partial charge in [-0.15, -0.1) is 0 Å². The van der Waals surface area contributed by atoms with Gasteiger partial charge in [-0.25, -0.2) is 4.79 Å². The number of pyridine rings is 2. The van der Waals surface area contributed by atoms with Gasteiger partial charge in [0.05, 0.1) is 44.8 Å². The van der Waals surface area contributed by atoms with Gasteiger partial charge in [0.2, 0.25) is 0 Å². The molecule has 1 N–H and O–H groups in total. The monoisotopic (exact) mass is 605 g/mol. The van der Waals surface area contributed by atoms with Gasteiger partial charge in [0, 0.05) is 24.3 Å². The molecule has 0 radical (unpaired) electrons.